The van der Waals surface area contributed by atoms with Gasteiger partial charge in [-0.3, -0.25) is 0 Å². The number of nitrogen functional groups attached to an aromatic ring is 1. The zero-order chi connectivity index (χ0) is 10.7. The lowest BCUT2D eigenvalue weighted by molar-refractivity contribution is 0.914. The van der Waals surface area contributed by atoms with Gasteiger partial charge in [0, 0.05) is 5.56 Å². The van der Waals surface area contributed by atoms with Crippen molar-refractivity contribution < 1.29 is 0 Å². The Morgan fingerprint density at radius 2 is 1.87 bits per heavy atom. The Hall–Kier alpha value is -1.94. The first-order valence-corrected chi connectivity index (χ1v) is 4.68. The normalized spacial score (nSPS) is 10.2. The van der Waals surface area contributed by atoms with E-state index in [0.29, 0.717) is 18.1 Å². The zero-order valence-corrected chi connectivity index (χ0v) is 8.22. The van der Waals surface area contributed by atoms with Crippen molar-refractivity contribution >= 4 is 5.69 Å². The maximum Gasteiger partial charge on any atom is 0.142 e. The SMILES string of the molecule is NCc1ncc(N)c(-c2ccccc2)n1. The van der Waals surface area contributed by atoms with Crippen LogP contribution >= 0.6 is 0 Å². The van der Waals surface area contributed by atoms with E-state index in [4.69, 9.17) is 11.5 Å². The molecule has 4 nitrogen and oxygen atoms in total. The van der Waals surface area contributed by atoms with Crippen molar-refractivity contribution in [3.8, 4) is 11.3 Å². The third kappa shape index (κ3) is 1.94. The highest BCUT2D eigenvalue weighted by Gasteiger charge is 2.05. The molecule has 0 amide bonds. The number of hydrogen-bond acceptors (Lipinski definition) is 4. The van der Waals surface area contributed by atoms with E-state index in [9.17, 15) is 0 Å². The van der Waals surface area contributed by atoms with Crippen LogP contribution in [0, 0.1) is 0 Å². The number of hydrogen-bond donors (Lipinski definition) is 2. The lowest BCUT2D eigenvalue weighted by atomic mass is 10.1. The number of aromatic nitrogens is 2. The summed E-state index contributed by atoms with van der Waals surface area (Å²) in [5, 5.41) is 0. The average Bonchev–Trinajstić information content (AvgIpc) is 2.31. The molecule has 0 atom stereocenters. The molecule has 76 valence electrons. The standard InChI is InChI=1S/C11H12N4/c12-6-10-14-7-9(13)11(15-10)8-4-2-1-3-5-8/h1-5,7H,6,12-13H2. The molecule has 15 heavy (non-hydrogen) atoms. The summed E-state index contributed by atoms with van der Waals surface area (Å²) in [6.45, 7) is 0.320. The second-order valence-electron chi connectivity index (χ2n) is 3.16. The lowest BCUT2D eigenvalue weighted by Crippen LogP contribution is -2.05. The monoisotopic (exact) mass is 200 g/mol. The maximum atomic E-state index is 5.81. The van der Waals surface area contributed by atoms with Crippen LogP contribution in [0.15, 0.2) is 36.5 Å². The van der Waals surface area contributed by atoms with Crippen molar-refractivity contribution in [2.24, 2.45) is 5.73 Å². The second-order valence-corrected chi connectivity index (χ2v) is 3.16. The highest BCUT2D eigenvalue weighted by atomic mass is 14.9. The van der Waals surface area contributed by atoms with E-state index in [1.165, 1.54) is 0 Å². The lowest BCUT2D eigenvalue weighted by Gasteiger charge is -2.05. The summed E-state index contributed by atoms with van der Waals surface area (Å²) in [6.07, 6.45) is 1.59. The van der Waals surface area contributed by atoms with Crippen molar-refractivity contribution in [3.63, 3.8) is 0 Å². The molecule has 4 N–H and O–H groups in total. The van der Waals surface area contributed by atoms with Crippen LogP contribution in [0.25, 0.3) is 11.3 Å². The van der Waals surface area contributed by atoms with Crippen LogP contribution in [-0.4, -0.2) is 9.97 Å². The zero-order valence-electron chi connectivity index (χ0n) is 8.22. The molecule has 0 bridgehead atoms. The van der Waals surface area contributed by atoms with E-state index in [1.807, 2.05) is 30.3 Å². The van der Waals surface area contributed by atoms with E-state index in [1.54, 1.807) is 6.20 Å². The molecule has 0 aliphatic rings. The minimum absolute atomic E-state index is 0.320. The predicted octanol–water partition coefficient (Wildman–Crippen LogP) is 1.18. The third-order valence-corrected chi connectivity index (χ3v) is 2.10. The van der Waals surface area contributed by atoms with Gasteiger partial charge in [0.1, 0.15) is 5.82 Å². The van der Waals surface area contributed by atoms with Gasteiger partial charge in [0.2, 0.25) is 0 Å². The van der Waals surface area contributed by atoms with Gasteiger partial charge in [-0.2, -0.15) is 0 Å². The fourth-order valence-electron chi connectivity index (χ4n) is 1.35. The summed E-state index contributed by atoms with van der Waals surface area (Å²) in [5.74, 6) is 0.600. The summed E-state index contributed by atoms with van der Waals surface area (Å²) < 4.78 is 0. The van der Waals surface area contributed by atoms with E-state index >= 15 is 0 Å². The first-order chi connectivity index (χ1) is 7.31. The quantitative estimate of drug-likeness (QED) is 0.763. The number of nitrogens with zero attached hydrogens (tertiary/aromatic N) is 2. The number of anilines is 1. The summed E-state index contributed by atoms with van der Waals surface area (Å²) >= 11 is 0. The largest absolute Gasteiger partial charge is 0.396 e. The van der Waals surface area contributed by atoms with Crippen molar-refractivity contribution in [3.05, 3.63) is 42.4 Å². The molecule has 0 fully saturated rings. The number of rotatable bonds is 2. The maximum absolute atomic E-state index is 5.81. The Morgan fingerprint density at radius 1 is 1.13 bits per heavy atom. The fraction of sp³-hybridized carbons (Fsp3) is 0.0909. The van der Waals surface area contributed by atoms with Crippen LogP contribution in [0.5, 0.6) is 0 Å². The molecule has 0 saturated carbocycles. The smallest absolute Gasteiger partial charge is 0.142 e. The summed E-state index contributed by atoms with van der Waals surface area (Å²) in [5.41, 5.74) is 13.6. The van der Waals surface area contributed by atoms with E-state index in [-0.39, 0.29) is 0 Å². The Kier molecular flexibility index (Phi) is 2.60. The first kappa shape index (κ1) is 9.61. The highest BCUT2D eigenvalue weighted by molar-refractivity contribution is 5.71. The number of nitrogens with two attached hydrogens (primary N) is 2. The third-order valence-electron chi connectivity index (χ3n) is 2.10. The Morgan fingerprint density at radius 3 is 2.53 bits per heavy atom. The van der Waals surface area contributed by atoms with Gasteiger partial charge in [-0.25, -0.2) is 9.97 Å². The molecule has 2 aromatic rings. The van der Waals surface area contributed by atoms with E-state index in [2.05, 4.69) is 9.97 Å². The van der Waals surface area contributed by atoms with Crippen LogP contribution in [0.1, 0.15) is 5.82 Å². The molecule has 1 heterocycles. The minimum Gasteiger partial charge on any atom is -0.396 e. The Balaban J connectivity index is 2.52. The predicted molar refractivity (Wildman–Crippen MR) is 59.8 cm³/mol. The van der Waals surface area contributed by atoms with Gasteiger partial charge in [0.05, 0.1) is 24.1 Å². The van der Waals surface area contributed by atoms with Crippen LogP contribution in [-0.2, 0) is 6.54 Å². The molecule has 0 aliphatic heterocycles. The van der Waals surface area contributed by atoms with Crippen LogP contribution < -0.4 is 11.5 Å². The molecule has 4 heteroatoms. The fourth-order valence-corrected chi connectivity index (χ4v) is 1.35. The molecule has 0 aliphatic carbocycles. The number of benzene rings is 1. The van der Waals surface area contributed by atoms with Crippen molar-refractivity contribution in [1.82, 2.24) is 9.97 Å². The molecular formula is C11H12N4. The van der Waals surface area contributed by atoms with Crippen molar-refractivity contribution in [2.75, 3.05) is 5.73 Å². The van der Waals surface area contributed by atoms with Gasteiger partial charge in [-0.15, -0.1) is 0 Å². The van der Waals surface area contributed by atoms with Crippen LogP contribution in [0.2, 0.25) is 0 Å². The van der Waals surface area contributed by atoms with Gasteiger partial charge in [-0.05, 0) is 0 Å². The van der Waals surface area contributed by atoms with Crippen molar-refractivity contribution in [2.45, 2.75) is 6.54 Å². The second kappa shape index (κ2) is 4.06. The average molecular weight is 200 g/mol. The van der Waals surface area contributed by atoms with Gasteiger partial charge in [0.15, 0.2) is 0 Å². The molecule has 1 aromatic heterocycles. The molecule has 0 saturated heterocycles. The summed E-state index contributed by atoms with van der Waals surface area (Å²) in [6, 6.07) is 9.75. The molecule has 2 rings (SSSR count). The van der Waals surface area contributed by atoms with Gasteiger partial charge in [0.25, 0.3) is 0 Å². The molecule has 0 spiro atoms. The minimum atomic E-state index is 0.320. The summed E-state index contributed by atoms with van der Waals surface area (Å²) in [7, 11) is 0. The van der Waals surface area contributed by atoms with Gasteiger partial charge >= 0.3 is 0 Å². The Labute approximate surface area is 88.0 Å². The van der Waals surface area contributed by atoms with Gasteiger partial charge < -0.3 is 11.5 Å². The first-order valence-electron chi connectivity index (χ1n) is 4.68. The molecule has 1 aromatic carbocycles. The van der Waals surface area contributed by atoms with Crippen LogP contribution in [0.4, 0.5) is 5.69 Å². The highest BCUT2D eigenvalue weighted by Crippen LogP contribution is 2.22. The van der Waals surface area contributed by atoms with Crippen molar-refractivity contribution in [1.29, 1.82) is 0 Å². The van der Waals surface area contributed by atoms with Crippen LogP contribution in [0.3, 0.4) is 0 Å². The molecular weight excluding hydrogens is 188 g/mol. The molecule has 0 radical (unpaired) electrons. The Bertz CT molecular complexity index is 453. The van der Waals surface area contributed by atoms with E-state index < -0.39 is 0 Å². The topological polar surface area (TPSA) is 77.8 Å². The van der Waals surface area contributed by atoms with Gasteiger partial charge in [-0.1, -0.05) is 30.3 Å². The summed E-state index contributed by atoms with van der Waals surface area (Å²) in [4.78, 5) is 8.32. The van der Waals surface area contributed by atoms with E-state index in [0.717, 1.165) is 11.3 Å². The molecule has 0 unspecified atom stereocenters.